The van der Waals surface area contributed by atoms with Crippen LogP contribution in [0.3, 0.4) is 0 Å². The van der Waals surface area contributed by atoms with Crippen LogP contribution >= 0.6 is 0 Å². The largest absolute Gasteiger partial charge is 0.497 e. The number of rotatable bonds is 6. The minimum atomic E-state index is 0.279. The Kier molecular flexibility index (Phi) is 6.09. The van der Waals surface area contributed by atoms with Gasteiger partial charge in [-0.1, -0.05) is 12.1 Å². The molecule has 7 nitrogen and oxygen atoms in total. The second kappa shape index (κ2) is 9.28. The number of benzene rings is 3. The molecule has 0 saturated heterocycles. The molecule has 0 spiro atoms. The Labute approximate surface area is 192 Å². The molecule has 4 aromatic rings. The summed E-state index contributed by atoms with van der Waals surface area (Å²) in [6.45, 7) is 3.99. The van der Waals surface area contributed by atoms with E-state index in [1.165, 1.54) is 0 Å². The van der Waals surface area contributed by atoms with E-state index in [0.29, 0.717) is 17.4 Å². The monoisotopic (exact) mass is 437 g/mol. The molecule has 3 N–H and O–H groups in total. The van der Waals surface area contributed by atoms with E-state index in [9.17, 15) is 0 Å². The number of hydrogen-bond acceptors (Lipinski definition) is 7. The number of aromatic nitrogens is 2. The van der Waals surface area contributed by atoms with E-state index in [1.54, 1.807) is 37.4 Å². The van der Waals surface area contributed by atoms with Gasteiger partial charge in [0.2, 0.25) is 11.8 Å². The second-order valence-corrected chi connectivity index (χ2v) is 7.54. The first-order chi connectivity index (χ1) is 15.9. The average Bonchev–Trinajstić information content (AvgIpc) is 2.81. The van der Waals surface area contributed by atoms with Gasteiger partial charge in [0.05, 0.1) is 18.7 Å². The number of nitrogens with two attached hydrogens (primary N) is 1. The summed E-state index contributed by atoms with van der Waals surface area (Å²) in [7, 11) is 1.65. The van der Waals surface area contributed by atoms with Gasteiger partial charge in [-0.25, -0.2) is 0 Å². The van der Waals surface area contributed by atoms with E-state index in [-0.39, 0.29) is 5.82 Å². The van der Waals surface area contributed by atoms with E-state index in [2.05, 4.69) is 33.5 Å². The zero-order valence-corrected chi connectivity index (χ0v) is 18.6. The first kappa shape index (κ1) is 21.7. The van der Waals surface area contributed by atoms with Crippen molar-refractivity contribution in [1.29, 1.82) is 5.26 Å². The third-order valence-electron chi connectivity index (χ3n) is 5.08. The maximum Gasteiger partial charge on any atom is 0.232 e. The summed E-state index contributed by atoms with van der Waals surface area (Å²) in [4.78, 5) is 8.67. The summed E-state index contributed by atoms with van der Waals surface area (Å²) in [5.41, 5.74) is 11.4. The van der Waals surface area contributed by atoms with E-state index in [4.69, 9.17) is 20.5 Å². The van der Waals surface area contributed by atoms with Crippen LogP contribution in [0.4, 0.5) is 17.5 Å². The van der Waals surface area contributed by atoms with Crippen LogP contribution in [0.15, 0.2) is 66.7 Å². The molecule has 0 radical (unpaired) electrons. The maximum absolute atomic E-state index is 8.95. The molecule has 0 aliphatic rings. The van der Waals surface area contributed by atoms with Gasteiger partial charge < -0.3 is 20.5 Å². The lowest BCUT2D eigenvalue weighted by Gasteiger charge is -2.15. The van der Waals surface area contributed by atoms with Crippen molar-refractivity contribution in [3.8, 4) is 34.6 Å². The van der Waals surface area contributed by atoms with Gasteiger partial charge in [-0.05, 0) is 84.6 Å². The topological polar surface area (TPSA) is 106 Å². The highest BCUT2D eigenvalue weighted by molar-refractivity contribution is 5.68. The van der Waals surface area contributed by atoms with Gasteiger partial charge in [-0.15, -0.1) is 0 Å². The molecule has 0 unspecified atom stereocenters. The third-order valence-corrected chi connectivity index (χ3v) is 5.08. The van der Waals surface area contributed by atoms with Crippen molar-refractivity contribution in [3.05, 3.63) is 83.4 Å². The number of aryl methyl sites for hydroxylation is 2. The van der Waals surface area contributed by atoms with Crippen LogP contribution in [0.25, 0.3) is 11.1 Å². The van der Waals surface area contributed by atoms with Crippen molar-refractivity contribution >= 4 is 17.5 Å². The van der Waals surface area contributed by atoms with Crippen molar-refractivity contribution < 1.29 is 9.47 Å². The van der Waals surface area contributed by atoms with Crippen LogP contribution in [0, 0.1) is 25.2 Å². The molecule has 0 aliphatic heterocycles. The second-order valence-electron chi connectivity index (χ2n) is 7.54. The molecule has 0 amide bonds. The normalized spacial score (nSPS) is 10.4. The summed E-state index contributed by atoms with van der Waals surface area (Å²) < 4.78 is 11.4. The maximum atomic E-state index is 8.95. The SMILES string of the molecule is COc1ccc(-c2cc(C)c(Oc3cc(N)nc(Nc4ccc(C#N)cc4)n3)c(C)c2)cc1. The number of nitriles is 1. The molecular formula is C26H23N5O2. The highest BCUT2D eigenvalue weighted by Gasteiger charge is 2.12. The fourth-order valence-electron chi connectivity index (χ4n) is 3.47. The summed E-state index contributed by atoms with van der Waals surface area (Å²) >= 11 is 0. The molecule has 1 heterocycles. The van der Waals surface area contributed by atoms with Crippen LogP contribution in [-0.2, 0) is 0 Å². The number of nitrogens with one attached hydrogen (secondary N) is 1. The van der Waals surface area contributed by atoms with E-state index in [0.717, 1.165) is 39.4 Å². The van der Waals surface area contributed by atoms with Crippen molar-refractivity contribution in [3.63, 3.8) is 0 Å². The van der Waals surface area contributed by atoms with Gasteiger partial charge >= 0.3 is 0 Å². The van der Waals surface area contributed by atoms with Crippen LogP contribution in [0.5, 0.6) is 17.4 Å². The lowest BCUT2D eigenvalue weighted by Crippen LogP contribution is -2.03. The van der Waals surface area contributed by atoms with Gasteiger partial charge in [0.25, 0.3) is 0 Å². The Morgan fingerprint density at radius 2 is 1.55 bits per heavy atom. The Balaban J connectivity index is 1.58. The zero-order chi connectivity index (χ0) is 23.4. The summed E-state index contributed by atoms with van der Waals surface area (Å²) in [5, 5.41) is 12.0. The smallest absolute Gasteiger partial charge is 0.232 e. The van der Waals surface area contributed by atoms with Crippen LogP contribution in [0.2, 0.25) is 0 Å². The number of methoxy groups -OCH3 is 1. The van der Waals surface area contributed by atoms with Gasteiger partial charge in [0, 0.05) is 11.8 Å². The molecule has 0 aliphatic carbocycles. The van der Waals surface area contributed by atoms with Gasteiger partial charge in [0.1, 0.15) is 17.3 Å². The van der Waals surface area contributed by atoms with Crippen molar-refractivity contribution in [2.75, 3.05) is 18.2 Å². The average molecular weight is 438 g/mol. The molecule has 1 aromatic heterocycles. The molecule has 0 atom stereocenters. The highest BCUT2D eigenvalue weighted by atomic mass is 16.5. The number of ether oxygens (including phenoxy) is 2. The molecular weight excluding hydrogens is 414 g/mol. The highest BCUT2D eigenvalue weighted by Crippen LogP contribution is 2.34. The van der Waals surface area contributed by atoms with Crippen LogP contribution in [-0.4, -0.2) is 17.1 Å². The third kappa shape index (κ3) is 5.02. The number of anilines is 3. The summed E-state index contributed by atoms with van der Waals surface area (Å²) in [6, 6.07) is 22.7. The minimum Gasteiger partial charge on any atom is -0.497 e. The molecule has 0 bridgehead atoms. The van der Waals surface area contributed by atoms with Crippen molar-refractivity contribution in [2.24, 2.45) is 0 Å². The predicted molar refractivity (Wildman–Crippen MR) is 129 cm³/mol. The minimum absolute atomic E-state index is 0.279. The predicted octanol–water partition coefficient (Wildman–Crippen LogP) is 5.76. The molecule has 7 heteroatoms. The molecule has 164 valence electrons. The summed E-state index contributed by atoms with van der Waals surface area (Å²) in [6.07, 6.45) is 0. The van der Waals surface area contributed by atoms with Crippen LogP contribution < -0.4 is 20.5 Å². The molecule has 33 heavy (non-hydrogen) atoms. The lowest BCUT2D eigenvalue weighted by molar-refractivity contribution is 0.415. The Bertz CT molecular complexity index is 1300. The van der Waals surface area contributed by atoms with Gasteiger partial charge in [-0.2, -0.15) is 15.2 Å². The van der Waals surface area contributed by atoms with Gasteiger partial charge in [0.15, 0.2) is 0 Å². The standard InChI is InChI=1S/C26H23N5O2/c1-16-12-20(19-6-10-22(32-3)11-7-19)13-17(2)25(16)33-24-14-23(28)30-26(31-24)29-21-8-4-18(15-27)5-9-21/h4-14H,1-3H3,(H3,28,29,30,31). The van der Waals surface area contributed by atoms with Crippen molar-refractivity contribution in [1.82, 2.24) is 9.97 Å². The first-order valence-corrected chi connectivity index (χ1v) is 10.3. The fraction of sp³-hybridized carbons (Fsp3) is 0.115. The molecule has 0 saturated carbocycles. The van der Waals surface area contributed by atoms with E-state index >= 15 is 0 Å². The lowest BCUT2D eigenvalue weighted by atomic mass is 9.99. The zero-order valence-electron chi connectivity index (χ0n) is 18.6. The molecule has 4 rings (SSSR count). The number of nitrogens with zero attached hydrogens (tertiary/aromatic N) is 3. The quantitative estimate of drug-likeness (QED) is 0.395. The molecule has 0 fully saturated rings. The van der Waals surface area contributed by atoms with E-state index < -0.39 is 0 Å². The van der Waals surface area contributed by atoms with Crippen LogP contribution in [0.1, 0.15) is 16.7 Å². The summed E-state index contributed by atoms with van der Waals surface area (Å²) in [5.74, 6) is 2.46. The van der Waals surface area contributed by atoms with E-state index in [1.807, 2.05) is 38.1 Å². The number of hydrogen-bond donors (Lipinski definition) is 2. The molecule has 3 aromatic carbocycles. The fourth-order valence-corrected chi connectivity index (χ4v) is 3.47. The Morgan fingerprint density at radius 1 is 0.879 bits per heavy atom. The number of nitrogen functional groups attached to an aromatic ring is 1. The van der Waals surface area contributed by atoms with Gasteiger partial charge in [-0.3, -0.25) is 0 Å². The Morgan fingerprint density at radius 3 is 2.15 bits per heavy atom. The Hall–Kier alpha value is -4.57. The van der Waals surface area contributed by atoms with Crippen molar-refractivity contribution in [2.45, 2.75) is 13.8 Å². The first-order valence-electron chi connectivity index (χ1n) is 10.3.